The highest BCUT2D eigenvalue weighted by Crippen LogP contribution is 2.08. The van der Waals surface area contributed by atoms with Crippen LogP contribution in [0.15, 0.2) is 42.7 Å². The van der Waals surface area contributed by atoms with Gasteiger partial charge in [0.15, 0.2) is 0 Å². The van der Waals surface area contributed by atoms with Crippen molar-refractivity contribution in [2.75, 3.05) is 11.9 Å². The molecule has 0 spiro atoms. The summed E-state index contributed by atoms with van der Waals surface area (Å²) in [5, 5.41) is 3.56. The van der Waals surface area contributed by atoms with Crippen LogP contribution in [0.3, 0.4) is 0 Å². The number of nitrogens with one attached hydrogen (secondary N) is 1. The predicted molar refractivity (Wildman–Crippen MR) is 76.2 cm³/mol. The number of aromatic nitrogens is 2. The van der Waals surface area contributed by atoms with Gasteiger partial charge >= 0.3 is 0 Å². The SMILES string of the molecule is CC(COCc1ccccc1)Nc1cncc(Cl)n1. The fourth-order valence-corrected chi connectivity index (χ4v) is 1.78. The normalized spacial score (nSPS) is 12.1. The summed E-state index contributed by atoms with van der Waals surface area (Å²) < 4.78 is 5.64. The molecule has 0 aliphatic carbocycles. The molecule has 0 saturated carbocycles. The van der Waals surface area contributed by atoms with Gasteiger partial charge < -0.3 is 10.1 Å². The topological polar surface area (TPSA) is 47.0 Å². The molecule has 0 bridgehead atoms. The van der Waals surface area contributed by atoms with E-state index in [-0.39, 0.29) is 6.04 Å². The average molecular weight is 278 g/mol. The lowest BCUT2D eigenvalue weighted by Crippen LogP contribution is -2.22. The summed E-state index contributed by atoms with van der Waals surface area (Å²) in [5.41, 5.74) is 1.16. The van der Waals surface area contributed by atoms with E-state index >= 15 is 0 Å². The monoisotopic (exact) mass is 277 g/mol. The summed E-state index contributed by atoms with van der Waals surface area (Å²) in [6, 6.07) is 10.2. The number of hydrogen-bond donors (Lipinski definition) is 1. The van der Waals surface area contributed by atoms with Crippen LogP contribution >= 0.6 is 11.6 Å². The zero-order valence-electron chi connectivity index (χ0n) is 10.7. The maximum atomic E-state index is 5.77. The van der Waals surface area contributed by atoms with Crippen molar-refractivity contribution in [2.24, 2.45) is 0 Å². The fourth-order valence-electron chi connectivity index (χ4n) is 1.63. The highest BCUT2D eigenvalue weighted by Gasteiger charge is 2.04. The van der Waals surface area contributed by atoms with Crippen LogP contribution in [0.5, 0.6) is 0 Å². The molecule has 5 heteroatoms. The summed E-state index contributed by atoms with van der Waals surface area (Å²) in [5.74, 6) is 0.656. The molecule has 1 heterocycles. The van der Waals surface area contributed by atoms with E-state index in [0.717, 1.165) is 5.56 Å². The molecule has 2 aromatic rings. The molecule has 19 heavy (non-hydrogen) atoms. The lowest BCUT2D eigenvalue weighted by Gasteiger charge is -2.14. The van der Waals surface area contributed by atoms with Gasteiger partial charge in [0.2, 0.25) is 0 Å². The van der Waals surface area contributed by atoms with Crippen LogP contribution in [-0.4, -0.2) is 22.6 Å². The standard InChI is InChI=1S/C14H16ClN3O/c1-11(17-14-8-16-7-13(15)18-14)9-19-10-12-5-3-2-4-6-12/h2-8,11H,9-10H2,1H3,(H,17,18). The summed E-state index contributed by atoms with van der Waals surface area (Å²) in [6.45, 7) is 3.21. The zero-order valence-corrected chi connectivity index (χ0v) is 11.5. The lowest BCUT2D eigenvalue weighted by atomic mass is 10.2. The van der Waals surface area contributed by atoms with Crippen LogP contribution in [0.1, 0.15) is 12.5 Å². The van der Waals surface area contributed by atoms with Crippen molar-refractivity contribution in [2.45, 2.75) is 19.6 Å². The third kappa shape index (κ3) is 4.85. The Morgan fingerprint density at radius 3 is 2.79 bits per heavy atom. The second kappa shape index (κ2) is 7.07. The van der Waals surface area contributed by atoms with Gasteiger partial charge in [0.05, 0.1) is 25.6 Å². The molecule has 1 atom stereocenters. The molecular formula is C14H16ClN3O. The van der Waals surface area contributed by atoms with E-state index in [1.54, 1.807) is 6.20 Å². The Labute approximate surface area is 117 Å². The summed E-state index contributed by atoms with van der Waals surface area (Å²) in [7, 11) is 0. The number of rotatable bonds is 6. The first kappa shape index (κ1) is 13.8. The molecule has 1 unspecified atom stereocenters. The van der Waals surface area contributed by atoms with Crippen LogP contribution in [0, 0.1) is 0 Å². The number of ether oxygens (including phenoxy) is 1. The van der Waals surface area contributed by atoms with Crippen LogP contribution < -0.4 is 5.32 Å². The Bertz CT molecular complexity index is 507. The minimum atomic E-state index is 0.136. The van der Waals surface area contributed by atoms with Gasteiger partial charge in [-0.25, -0.2) is 4.98 Å². The van der Waals surface area contributed by atoms with Crippen molar-refractivity contribution in [1.29, 1.82) is 0 Å². The molecule has 1 aromatic carbocycles. The highest BCUT2D eigenvalue weighted by molar-refractivity contribution is 6.29. The number of anilines is 1. The number of hydrogen-bond acceptors (Lipinski definition) is 4. The molecule has 4 nitrogen and oxygen atoms in total. The first-order valence-corrected chi connectivity index (χ1v) is 6.47. The Morgan fingerprint density at radius 2 is 2.05 bits per heavy atom. The number of halogens is 1. The molecular weight excluding hydrogens is 262 g/mol. The molecule has 0 radical (unpaired) electrons. The molecule has 1 N–H and O–H groups in total. The Hall–Kier alpha value is -1.65. The summed E-state index contributed by atoms with van der Waals surface area (Å²) in [4.78, 5) is 8.08. The van der Waals surface area contributed by atoms with E-state index in [1.807, 2.05) is 37.3 Å². The predicted octanol–water partition coefficient (Wildman–Crippen LogP) is 3.15. The van der Waals surface area contributed by atoms with E-state index in [1.165, 1.54) is 6.20 Å². The Morgan fingerprint density at radius 1 is 1.26 bits per heavy atom. The molecule has 0 fully saturated rings. The van der Waals surface area contributed by atoms with Gasteiger partial charge in [0, 0.05) is 6.04 Å². The van der Waals surface area contributed by atoms with Crippen molar-refractivity contribution < 1.29 is 4.74 Å². The highest BCUT2D eigenvalue weighted by atomic mass is 35.5. The smallest absolute Gasteiger partial charge is 0.149 e. The largest absolute Gasteiger partial charge is 0.375 e. The average Bonchev–Trinajstić information content (AvgIpc) is 2.40. The van der Waals surface area contributed by atoms with Gasteiger partial charge in [-0.15, -0.1) is 0 Å². The van der Waals surface area contributed by atoms with E-state index < -0.39 is 0 Å². The summed E-state index contributed by atoms with van der Waals surface area (Å²) >= 11 is 5.77. The Kier molecular flexibility index (Phi) is 5.12. The maximum absolute atomic E-state index is 5.77. The van der Waals surface area contributed by atoms with Crippen LogP contribution in [-0.2, 0) is 11.3 Å². The van der Waals surface area contributed by atoms with E-state index in [9.17, 15) is 0 Å². The second-order valence-corrected chi connectivity index (χ2v) is 4.66. The van der Waals surface area contributed by atoms with Crippen LogP contribution in [0.2, 0.25) is 5.15 Å². The van der Waals surface area contributed by atoms with Gasteiger partial charge in [0.25, 0.3) is 0 Å². The summed E-state index contributed by atoms with van der Waals surface area (Å²) in [6.07, 6.45) is 3.14. The van der Waals surface area contributed by atoms with E-state index in [2.05, 4.69) is 15.3 Å². The molecule has 1 aromatic heterocycles. The third-order valence-electron chi connectivity index (χ3n) is 2.48. The minimum Gasteiger partial charge on any atom is -0.375 e. The molecule has 0 aliphatic rings. The first-order chi connectivity index (χ1) is 9.24. The van der Waals surface area contributed by atoms with Gasteiger partial charge in [-0.3, -0.25) is 4.98 Å². The van der Waals surface area contributed by atoms with E-state index in [0.29, 0.717) is 24.2 Å². The van der Waals surface area contributed by atoms with Gasteiger partial charge in [0.1, 0.15) is 11.0 Å². The second-order valence-electron chi connectivity index (χ2n) is 4.27. The third-order valence-corrected chi connectivity index (χ3v) is 2.66. The van der Waals surface area contributed by atoms with Crippen molar-refractivity contribution in [3.8, 4) is 0 Å². The van der Waals surface area contributed by atoms with Gasteiger partial charge in [-0.1, -0.05) is 41.9 Å². The van der Waals surface area contributed by atoms with Crippen LogP contribution in [0.25, 0.3) is 0 Å². The molecule has 0 amide bonds. The molecule has 2 rings (SSSR count). The number of nitrogens with zero attached hydrogens (tertiary/aromatic N) is 2. The van der Waals surface area contributed by atoms with Gasteiger partial charge in [-0.2, -0.15) is 0 Å². The zero-order chi connectivity index (χ0) is 13.5. The van der Waals surface area contributed by atoms with Crippen LogP contribution in [0.4, 0.5) is 5.82 Å². The number of benzene rings is 1. The van der Waals surface area contributed by atoms with Crippen molar-refractivity contribution in [3.05, 3.63) is 53.4 Å². The van der Waals surface area contributed by atoms with Crippen molar-refractivity contribution >= 4 is 17.4 Å². The maximum Gasteiger partial charge on any atom is 0.149 e. The Balaban J connectivity index is 1.74. The van der Waals surface area contributed by atoms with Crippen molar-refractivity contribution in [1.82, 2.24) is 9.97 Å². The molecule has 0 saturated heterocycles. The molecule has 0 aliphatic heterocycles. The lowest BCUT2D eigenvalue weighted by molar-refractivity contribution is 0.115. The van der Waals surface area contributed by atoms with E-state index in [4.69, 9.17) is 16.3 Å². The minimum absolute atomic E-state index is 0.136. The quantitative estimate of drug-likeness (QED) is 0.881. The fraction of sp³-hybridized carbons (Fsp3) is 0.286. The van der Waals surface area contributed by atoms with Gasteiger partial charge in [-0.05, 0) is 12.5 Å². The first-order valence-electron chi connectivity index (χ1n) is 6.10. The van der Waals surface area contributed by atoms with Crippen molar-refractivity contribution in [3.63, 3.8) is 0 Å². The molecule has 100 valence electrons.